The molecule has 0 atom stereocenters. The normalized spacial score (nSPS) is 10.3. The summed E-state index contributed by atoms with van der Waals surface area (Å²) in [6, 6.07) is 1.79. The molecule has 0 bridgehead atoms. The fraction of sp³-hybridized carbons (Fsp3) is 0.571. The quantitative estimate of drug-likeness (QED) is 0.621. The first kappa shape index (κ1) is 8.23. The molecular formula is C7H11NO3. The van der Waals surface area contributed by atoms with Crippen LogP contribution in [0.5, 0.6) is 0 Å². The van der Waals surface area contributed by atoms with Crippen LogP contribution in [0, 0.1) is 0 Å². The standard InChI is InChI=1S/C7H11NO3/c9-3-6-10-4-1-7-2-5-11-8-7/h2,5,9H,1,3-4,6H2. The summed E-state index contributed by atoms with van der Waals surface area (Å²) in [6.07, 6.45) is 2.26. The van der Waals surface area contributed by atoms with Crippen molar-refractivity contribution in [3.05, 3.63) is 18.0 Å². The summed E-state index contributed by atoms with van der Waals surface area (Å²) in [6.45, 7) is 1.03. The smallest absolute Gasteiger partial charge is 0.124 e. The fourth-order valence-electron chi connectivity index (χ4n) is 0.710. The van der Waals surface area contributed by atoms with E-state index >= 15 is 0 Å². The van der Waals surface area contributed by atoms with Gasteiger partial charge in [-0.05, 0) is 0 Å². The van der Waals surface area contributed by atoms with Crippen LogP contribution >= 0.6 is 0 Å². The summed E-state index contributed by atoms with van der Waals surface area (Å²) in [5, 5.41) is 12.1. The highest BCUT2D eigenvalue weighted by Gasteiger charge is 1.94. The van der Waals surface area contributed by atoms with Gasteiger partial charge >= 0.3 is 0 Å². The van der Waals surface area contributed by atoms with Crippen LogP contribution in [0.1, 0.15) is 5.69 Å². The topological polar surface area (TPSA) is 55.5 Å². The maximum atomic E-state index is 8.36. The van der Waals surface area contributed by atoms with Crippen molar-refractivity contribution < 1.29 is 14.4 Å². The summed E-state index contributed by atoms with van der Waals surface area (Å²) in [4.78, 5) is 0. The molecule has 0 spiro atoms. The Morgan fingerprint density at radius 1 is 1.55 bits per heavy atom. The first-order valence-corrected chi connectivity index (χ1v) is 3.51. The van der Waals surface area contributed by atoms with E-state index in [-0.39, 0.29) is 6.61 Å². The number of aromatic nitrogens is 1. The molecule has 11 heavy (non-hydrogen) atoms. The van der Waals surface area contributed by atoms with E-state index < -0.39 is 0 Å². The Labute approximate surface area is 64.8 Å². The van der Waals surface area contributed by atoms with Crippen molar-refractivity contribution in [2.75, 3.05) is 19.8 Å². The van der Waals surface area contributed by atoms with Crippen LogP contribution < -0.4 is 0 Å². The summed E-state index contributed by atoms with van der Waals surface area (Å²) < 4.78 is 9.64. The van der Waals surface area contributed by atoms with Crippen molar-refractivity contribution in [1.82, 2.24) is 5.16 Å². The van der Waals surface area contributed by atoms with Crippen molar-refractivity contribution in [2.24, 2.45) is 0 Å². The van der Waals surface area contributed by atoms with Gasteiger partial charge in [-0.25, -0.2) is 0 Å². The minimum atomic E-state index is 0.0683. The van der Waals surface area contributed by atoms with Gasteiger partial charge in [-0.15, -0.1) is 0 Å². The van der Waals surface area contributed by atoms with Crippen molar-refractivity contribution in [1.29, 1.82) is 0 Å². The molecule has 4 nitrogen and oxygen atoms in total. The molecule has 0 unspecified atom stereocenters. The molecule has 1 N–H and O–H groups in total. The number of nitrogens with zero attached hydrogens (tertiary/aromatic N) is 1. The predicted molar refractivity (Wildman–Crippen MR) is 38.1 cm³/mol. The third-order valence-corrected chi connectivity index (χ3v) is 1.23. The maximum Gasteiger partial charge on any atom is 0.124 e. The molecule has 1 aromatic rings. The summed E-state index contributed by atoms with van der Waals surface area (Å²) in [5.74, 6) is 0. The SMILES string of the molecule is OCCOCCc1ccon1. The number of aliphatic hydroxyl groups is 1. The van der Waals surface area contributed by atoms with Gasteiger partial charge in [0.15, 0.2) is 0 Å². The van der Waals surface area contributed by atoms with Gasteiger partial charge in [-0.2, -0.15) is 0 Å². The Bertz CT molecular complexity index is 174. The van der Waals surface area contributed by atoms with Gasteiger partial charge < -0.3 is 14.4 Å². The largest absolute Gasteiger partial charge is 0.394 e. The second-order valence-corrected chi connectivity index (χ2v) is 2.08. The van der Waals surface area contributed by atoms with E-state index in [1.807, 2.05) is 0 Å². The van der Waals surface area contributed by atoms with Gasteiger partial charge in [-0.3, -0.25) is 0 Å². The second kappa shape index (κ2) is 4.87. The van der Waals surface area contributed by atoms with Gasteiger partial charge in [0.25, 0.3) is 0 Å². The molecule has 1 aromatic heterocycles. The molecule has 4 heteroatoms. The third kappa shape index (κ3) is 3.15. The highest BCUT2D eigenvalue weighted by Crippen LogP contribution is 1.95. The molecule has 0 saturated carbocycles. The molecule has 0 aliphatic heterocycles. The lowest BCUT2D eigenvalue weighted by molar-refractivity contribution is 0.0937. The van der Waals surface area contributed by atoms with Gasteiger partial charge in [0.2, 0.25) is 0 Å². The molecule has 0 aromatic carbocycles. The van der Waals surface area contributed by atoms with E-state index in [2.05, 4.69) is 9.68 Å². The maximum absolute atomic E-state index is 8.36. The molecule has 0 amide bonds. The van der Waals surface area contributed by atoms with E-state index in [4.69, 9.17) is 9.84 Å². The summed E-state index contributed by atoms with van der Waals surface area (Å²) in [5.41, 5.74) is 0.878. The highest BCUT2D eigenvalue weighted by molar-refractivity contribution is 4.94. The first-order chi connectivity index (χ1) is 5.43. The predicted octanol–water partition coefficient (Wildman–Crippen LogP) is 0.226. The van der Waals surface area contributed by atoms with Crippen molar-refractivity contribution in [3.8, 4) is 0 Å². The number of aliphatic hydroxyl groups excluding tert-OH is 1. The van der Waals surface area contributed by atoms with Crippen molar-refractivity contribution in [3.63, 3.8) is 0 Å². The Balaban J connectivity index is 2.04. The first-order valence-electron chi connectivity index (χ1n) is 3.51. The molecule has 0 aliphatic rings. The van der Waals surface area contributed by atoms with Crippen LogP contribution in [0.2, 0.25) is 0 Å². The number of rotatable bonds is 5. The fourth-order valence-corrected chi connectivity index (χ4v) is 0.710. The monoisotopic (exact) mass is 157 g/mol. The van der Waals surface area contributed by atoms with Crippen molar-refractivity contribution >= 4 is 0 Å². The molecule has 0 saturated heterocycles. The van der Waals surface area contributed by atoms with Crippen LogP contribution in [-0.4, -0.2) is 30.1 Å². The zero-order valence-electron chi connectivity index (χ0n) is 6.19. The average Bonchev–Trinajstić information content (AvgIpc) is 2.50. The lowest BCUT2D eigenvalue weighted by atomic mass is 10.3. The van der Waals surface area contributed by atoms with Gasteiger partial charge in [0.1, 0.15) is 6.26 Å². The van der Waals surface area contributed by atoms with Crippen LogP contribution in [-0.2, 0) is 11.2 Å². The van der Waals surface area contributed by atoms with Gasteiger partial charge in [0.05, 0.1) is 25.5 Å². The lowest BCUT2D eigenvalue weighted by Gasteiger charge is -1.97. The Hall–Kier alpha value is -0.870. The molecule has 0 radical (unpaired) electrons. The molecule has 0 aliphatic carbocycles. The third-order valence-electron chi connectivity index (χ3n) is 1.23. The zero-order chi connectivity index (χ0) is 7.94. The number of hydrogen-bond donors (Lipinski definition) is 1. The van der Waals surface area contributed by atoms with Crippen molar-refractivity contribution in [2.45, 2.75) is 6.42 Å². The van der Waals surface area contributed by atoms with Crippen LogP contribution in [0.4, 0.5) is 0 Å². The number of hydrogen-bond acceptors (Lipinski definition) is 4. The van der Waals surface area contributed by atoms with E-state index in [0.717, 1.165) is 12.1 Å². The second-order valence-electron chi connectivity index (χ2n) is 2.08. The molecule has 0 fully saturated rings. The molecule has 1 heterocycles. The Kier molecular flexibility index (Phi) is 3.64. The summed E-state index contributed by atoms with van der Waals surface area (Å²) >= 11 is 0. The summed E-state index contributed by atoms with van der Waals surface area (Å²) in [7, 11) is 0. The average molecular weight is 157 g/mol. The lowest BCUT2D eigenvalue weighted by Crippen LogP contribution is -2.03. The van der Waals surface area contributed by atoms with Gasteiger partial charge in [0, 0.05) is 12.5 Å². The molecular weight excluding hydrogens is 146 g/mol. The van der Waals surface area contributed by atoms with Crippen LogP contribution in [0.3, 0.4) is 0 Å². The highest BCUT2D eigenvalue weighted by atomic mass is 16.5. The molecule has 62 valence electrons. The minimum absolute atomic E-state index is 0.0683. The van der Waals surface area contributed by atoms with E-state index in [0.29, 0.717) is 13.2 Å². The zero-order valence-corrected chi connectivity index (χ0v) is 6.19. The van der Waals surface area contributed by atoms with E-state index in [1.165, 1.54) is 6.26 Å². The van der Waals surface area contributed by atoms with Crippen LogP contribution in [0.25, 0.3) is 0 Å². The Morgan fingerprint density at radius 3 is 3.09 bits per heavy atom. The Morgan fingerprint density at radius 2 is 2.45 bits per heavy atom. The van der Waals surface area contributed by atoms with Gasteiger partial charge in [-0.1, -0.05) is 5.16 Å². The van der Waals surface area contributed by atoms with Crippen LogP contribution in [0.15, 0.2) is 16.9 Å². The van der Waals surface area contributed by atoms with E-state index in [9.17, 15) is 0 Å². The van der Waals surface area contributed by atoms with E-state index in [1.54, 1.807) is 6.07 Å². The number of ether oxygens (including phenoxy) is 1. The minimum Gasteiger partial charge on any atom is -0.394 e. The molecule has 1 rings (SSSR count).